The van der Waals surface area contributed by atoms with E-state index in [1.54, 1.807) is 6.07 Å². The average molecular weight is 513 g/mol. The van der Waals surface area contributed by atoms with Crippen molar-refractivity contribution in [1.29, 1.82) is 0 Å². The number of carbonyl (C=O) groups is 2. The highest BCUT2D eigenvalue weighted by Gasteiger charge is 2.41. The number of halogens is 3. The molecule has 3 aromatic rings. The van der Waals surface area contributed by atoms with Crippen LogP contribution < -0.4 is 5.48 Å². The standard InChI is InChI=1S/C27H23F3N2O3S/c28-27(29,30)26(34)35-31-17-20-7-4-8-23(15-20)22-11-13-32(14-12-22)25(33)24-16-21(18-36-24)10-9-19-5-2-1-3-6-19/h1-8,15-16,18,22,31H,11-14,17H2. The molecule has 0 radical (unpaired) electrons. The Balaban J connectivity index is 1.29. The van der Waals surface area contributed by atoms with Crippen LogP contribution in [0, 0.1) is 11.8 Å². The van der Waals surface area contributed by atoms with Gasteiger partial charge in [-0.1, -0.05) is 54.3 Å². The van der Waals surface area contributed by atoms with Gasteiger partial charge in [0.25, 0.3) is 5.91 Å². The average Bonchev–Trinajstić information content (AvgIpc) is 3.36. The van der Waals surface area contributed by atoms with Gasteiger partial charge in [0.1, 0.15) is 0 Å². The summed E-state index contributed by atoms with van der Waals surface area (Å²) in [4.78, 5) is 30.3. The van der Waals surface area contributed by atoms with E-state index in [2.05, 4.69) is 22.2 Å². The zero-order chi connectivity index (χ0) is 25.5. The summed E-state index contributed by atoms with van der Waals surface area (Å²) >= 11 is 1.39. The van der Waals surface area contributed by atoms with Crippen LogP contribution in [0.5, 0.6) is 0 Å². The largest absolute Gasteiger partial charge is 0.492 e. The van der Waals surface area contributed by atoms with Gasteiger partial charge in [-0.05, 0) is 48.1 Å². The lowest BCUT2D eigenvalue weighted by molar-refractivity contribution is -0.207. The third-order valence-electron chi connectivity index (χ3n) is 5.81. The number of hydrogen-bond donors (Lipinski definition) is 1. The Morgan fingerprint density at radius 1 is 1.00 bits per heavy atom. The predicted molar refractivity (Wildman–Crippen MR) is 130 cm³/mol. The fourth-order valence-corrected chi connectivity index (χ4v) is 4.76. The van der Waals surface area contributed by atoms with E-state index in [0.29, 0.717) is 23.5 Å². The number of nitrogens with one attached hydrogen (secondary N) is 1. The number of carbonyl (C=O) groups excluding carboxylic acids is 2. The molecule has 1 fully saturated rings. The molecule has 4 rings (SSSR count). The minimum absolute atomic E-state index is 0.00403. The van der Waals surface area contributed by atoms with E-state index in [-0.39, 0.29) is 18.4 Å². The molecule has 36 heavy (non-hydrogen) atoms. The molecule has 1 aliphatic rings. The Labute approximate surface area is 210 Å². The zero-order valence-corrected chi connectivity index (χ0v) is 20.0. The number of rotatable bonds is 5. The molecular formula is C27H23F3N2O3S. The van der Waals surface area contributed by atoms with Gasteiger partial charge in [0, 0.05) is 29.6 Å². The van der Waals surface area contributed by atoms with E-state index < -0.39 is 12.1 Å². The lowest BCUT2D eigenvalue weighted by atomic mass is 9.88. The summed E-state index contributed by atoms with van der Waals surface area (Å²) in [5.41, 5.74) is 5.54. The molecule has 1 N–H and O–H groups in total. The normalized spacial score (nSPS) is 14.1. The molecule has 2 heterocycles. The quantitative estimate of drug-likeness (QED) is 0.374. The predicted octanol–water partition coefficient (Wildman–Crippen LogP) is 5.28. The summed E-state index contributed by atoms with van der Waals surface area (Å²) in [6, 6.07) is 18.9. The maximum Gasteiger partial charge on any atom is 0.492 e. The van der Waals surface area contributed by atoms with Crippen molar-refractivity contribution in [3.8, 4) is 11.8 Å². The molecular weight excluding hydrogens is 489 g/mol. The Bertz CT molecular complexity index is 1270. The van der Waals surface area contributed by atoms with Crippen molar-refractivity contribution in [2.45, 2.75) is 31.5 Å². The smallest absolute Gasteiger partial charge is 0.363 e. The Morgan fingerprint density at radius 3 is 2.44 bits per heavy atom. The Kier molecular flexibility index (Phi) is 8.08. The topological polar surface area (TPSA) is 58.6 Å². The maximum atomic E-state index is 13.0. The van der Waals surface area contributed by atoms with Gasteiger partial charge in [-0.3, -0.25) is 4.79 Å². The van der Waals surface area contributed by atoms with Gasteiger partial charge < -0.3 is 9.74 Å². The minimum atomic E-state index is -5.04. The summed E-state index contributed by atoms with van der Waals surface area (Å²) < 4.78 is 36.7. The molecule has 0 atom stereocenters. The van der Waals surface area contributed by atoms with Crippen molar-refractivity contribution >= 4 is 23.2 Å². The van der Waals surface area contributed by atoms with Crippen LogP contribution in [0.15, 0.2) is 66.0 Å². The van der Waals surface area contributed by atoms with Gasteiger partial charge in [-0.25, -0.2) is 4.79 Å². The van der Waals surface area contributed by atoms with Crippen LogP contribution in [0.2, 0.25) is 0 Å². The highest BCUT2D eigenvalue weighted by atomic mass is 32.1. The molecule has 186 valence electrons. The van der Waals surface area contributed by atoms with Crippen molar-refractivity contribution in [1.82, 2.24) is 10.4 Å². The number of nitrogens with zero attached hydrogens (tertiary/aromatic N) is 1. The summed E-state index contributed by atoms with van der Waals surface area (Å²) in [5.74, 6) is 4.14. The van der Waals surface area contributed by atoms with Crippen LogP contribution in [0.4, 0.5) is 13.2 Å². The second-order valence-electron chi connectivity index (χ2n) is 8.34. The van der Waals surface area contributed by atoms with Crippen molar-refractivity contribution in [3.63, 3.8) is 0 Å². The molecule has 9 heteroatoms. The number of hydroxylamine groups is 1. The lowest BCUT2D eigenvalue weighted by Crippen LogP contribution is -2.37. The van der Waals surface area contributed by atoms with E-state index in [4.69, 9.17) is 0 Å². The summed E-state index contributed by atoms with van der Waals surface area (Å²) in [7, 11) is 0. The Morgan fingerprint density at radius 2 is 1.72 bits per heavy atom. The fourth-order valence-electron chi connectivity index (χ4n) is 3.95. The van der Waals surface area contributed by atoms with Crippen LogP contribution in [0.1, 0.15) is 50.7 Å². The van der Waals surface area contributed by atoms with Crippen molar-refractivity contribution in [2.24, 2.45) is 0 Å². The van der Waals surface area contributed by atoms with Gasteiger partial charge in [-0.2, -0.15) is 13.2 Å². The molecule has 0 unspecified atom stereocenters. The van der Waals surface area contributed by atoms with E-state index in [1.807, 2.05) is 64.9 Å². The lowest BCUT2D eigenvalue weighted by Gasteiger charge is -2.32. The molecule has 1 aromatic heterocycles. The van der Waals surface area contributed by atoms with Crippen molar-refractivity contribution in [3.05, 3.63) is 93.2 Å². The third kappa shape index (κ3) is 6.74. The fraction of sp³-hybridized carbons (Fsp3) is 0.259. The number of alkyl halides is 3. The first-order valence-electron chi connectivity index (χ1n) is 11.3. The number of piperidine rings is 1. The van der Waals surface area contributed by atoms with Crippen molar-refractivity contribution in [2.75, 3.05) is 13.1 Å². The second-order valence-corrected chi connectivity index (χ2v) is 9.25. The van der Waals surface area contributed by atoms with Crippen LogP contribution in [0.3, 0.4) is 0 Å². The van der Waals surface area contributed by atoms with E-state index in [9.17, 15) is 22.8 Å². The molecule has 1 aliphatic heterocycles. The SMILES string of the molecule is O=C(c1cc(C#Cc2ccccc2)cs1)N1CCC(c2cccc(CNOC(=O)C(F)(F)F)c2)CC1. The van der Waals surface area contributed by atoms with Crippen LogP contribution in [-0.2, 0) is 16.2 Å². The van der Waals surface area contributed by atoms with Gasteiger partial charge in [0.15, 0.2) is 0 Å². The van der Waals surface area contributed by atoms with Crippen molar-refractivity contribution < 1.29 is 27.6 Å². The molecule has 0 aliphatic carbocycles. The minimum Gasteiger partial charge on any atom is -0.363 e. The number of hydrogen-bond acceptors (Lipinski definition) is 5. The molecule has 0 saturated carbocycles. The number of amides is 1. The van der Waals surface area contributed by atoms with Gasteiger partial charge in [0.2, 0.25) is 0 Å². The second kappa shape index (κ2) is 11.4. The molecule has 0 bridgehead atoms. The highest BCUT2D eigenvalue weighted by molar-refractivity contribution is 7.12. The summed E-state index contributed by atoms with van der Waals surface area (Å²) in [5, 5.41) is 1.89. The van der Waals surface area contributed by atoms with E-state index in [0.717, 1.165) is 29.5 Å². The molecule has 5 nitrogen and oxygen atoms in total. The molecule has 2 aromatic carbocycles. The monoisotopic (exact) mass is 512 g/mol. The number of thiophene rings is 1. The molecule has 1 amide bonds. The van der Waals surface area contributed by atoms with E-state index >= 15 is 0 Å². The summed E-state index contributed by atoms with van der Waals surface area (Å²) in [6.07, 6.45) is -3.49. The third-order valence-corrected chi connectivity index (χ3v) is 6.73. The Hall–Kier alpha value is -3.61. The number of likely N-dealkylation sites (tertiary alicyclic amines) is 1. The molecule has 1 saturated heterocycles. The maximum absolute atomic E-state index is 13.0. The first-order valence-corrected chi connectivity index (χ1v) is 12.2. The van der Waals surface area contributed by atoms with Crippen LogP contribution in [0.25, 0.3) is 0 Å². The van der Waals surface area contributed by atoms with Gasteiger partial charge in [0.05, 0.1) is 11.4 Å². The number of benzene rings is 2. The highest BCUT2D eigenvalue weighted by Crippen LogP contribution is 2.30. The van der Waals surface area contributed by atoms with Gasteiger partial charge in [-0.15, -0.1) is 16.8 Å². The summed E-state index contributed by atoms with van der Waals surface area (Å²) in [6.45, 7) is 1.18. The zero-order valence-electron chi connectivity index (χ0n) is 19.2. The first kappa shape index (κ1) is 25.5. The van der Waals surface area contributed by atoms with Crippen LogP contribution in [-0.4, -0.2) is 36.0 Å². The first-order chi connectivity index (χ1) is 17.3. The van der Waals surface area contributed by atoms with Gasteiger partial charge >= 0.3 is 12.1 Å². The van der Waals surface area contributed by atoms with Crippen LogP contribution >= 0.6 is 11.3 Å². The molecule has 0 spiro atoms. The van der Waals surface area contributed by atoms with E-state index in [1.165, 1.54) is 11.3 Å².